The lowest BCUT2D eigenvalue weighted by molar-refractivity contribution is 0.185. The number of methoxy groups -OCH3 is 1. The van der Waals surface area contributed by atoms with Crippen LogP contribution in [0, 0.1) is 0 Å². The summed E-state index contributed by atoms with van der Waals surface area (Å²) >= 11 is 0. The average molecular weight is 179 g/mol. The molecule has 0 aromatic heterocycles. The highest BCUT2D eigenvalue weighted by atomic mass is 16.5. The van der Waals surface area contributed by atoms with Gasteiger partial charge in [-0.05, 0) is 17.7 Å². The van der Waals surface area contributed by atoms with Gasteiger partial charge < -0.3 is 14.8 Å². The van der Waals surface area contributed by atoms with Crippen LogP contribution in [-0.4, -0.2) is 20.3 Å². The van der Waals surface area contributed by atoms with Gasteiger partial charge in [0.2, 0.25) is 0 Å². The fourth-order valence-electron chi connectivity index (χ4n) is 1.44. The molecule has 1 aliphatic heterocycles. The molecule has 13 heavy (non-hydrogen) atoms. The molecule has 0 atom stereocenters. The van der Waals surface area contributed by atoms with Crippen molar-refractivity contribution in [3.63, 3.8) is 0 Å². The van der Waals surface area contributed by atoms with Crippen LogP contribution >= 0.6 is 0 Å². The van der Waals surface area contributed by atoms with E-state index in [1.54, 1.807) is 7.11 Å². The smallest absolute Gasteiger partial charge is 0.142 e. The molecule has 70 valence electrons. The first-order chi connectivity index (χ1) is 6.40. The van der Waals surface area contributed by atoms with Crippen molar-refractivity contribution >= 4 is 5.69 Å². The lowest BCUT2D eigenvalue weighted by Gasteiger charge is -2.19. The monoisotopic (exact) mass is 179 g/mol. The summed E-state index contributed by atoms with van der Waals surface area (Å²) in [4.78, 5) is 0. The third kappa shape index (κ3) is 1.75. The van der Waals surface area contributed by atoms with Crippen molar-refractivity contribution in [2.45, 2.75) is 6.61 Å². The minimum absolute atomic E-state index is 0.648. The van der Waals surface area contributed by atoms with Gasteiger partial charge >= 0.3 is 0 Å². The van der Waals surface area contributed by atoms with E-state index in [1.807, 2.05) is 12.1 Å². The quantitative estimate of drug-likeness (QED) is 0.748. The average Bonchev–Trinajstić information content (AvgIpc) is 2.18. The van der Waals surface area contributed by atoms with Crippen molar-refractivity contribution in [3.05, 3.63) is 23.8 Å². The Balaban J connectivity index is 2.24. The fourth-order valence-corrected chi connectivity index (χ4v) is 1.44. The Kier molecular flexibility index (Phi) is 2.36. The van der Waals surface area contributed by atoms with Crippen LogP contribution in [0.3, 0.4) is 0 Å². The second-order valence-electron chi connectivity index (χ2n) is 3.04. The topological polar surface area (TPSA) is 30.5 Å². The summed E-state index contributed by atoms with van der Waals surface area (Å²) in [5, 5.41) is 3.28. The summed E-state index contributed by atoms with van der Waals surface area (Å²) in [6.45, 7) is 2.27. The maximum atomic E-state index is 5.45. The van der Waals surface area contributed by atoms with Crippen molar-refractivity contribution < 1.29 is 9.47 Å². The normalized spacial score (nSPS) is 14.2. The van der Waals surface area contributed by atoms with Crippen LogP contribution < -0.4 is 10.1 Å². The van der Waals surface area contributed by atoms with E-state index >= 15 is 0 Å². The molecule has 1 heterocycles. The van der Waals surface area contributed by atoms with E-state index in [0.717, 1.165) is 24.6 Å². The Bertz CT molecular complexity index is 299. The molecule has 1 aliphatic rings. The summed E-state index contributed by atoms with van der Waals surface area (Å²) in [5.74, 6) is 0.936. The zero-order valence-electron chi connectivity index (χ0n) is 7.67. The number of ether oxygens (including phenoxy) is 2. The Hall–Kier alpha value is -1.22. The van der Waals surface area contributed by atoms with Crippen LogP contribution in [0.2, 0.25) is 0 Å². The van der Waals surface area contributed by atoms with Crippen LogP contribution in [0.5, 0.6) is 5.75 Å². The van der Waals surface area contributed by atoms with Gasteiger partial charge in [-0.15, -0.1) is 0 Å². The van der Waals surface area contributed by atoms with E-state index in [1.165, 1.54) is 5.56 Å². The Morgan fingerprint density at radius 3 is 3.31 bits per heavy atom. The molecule has 0 unspecified atom stereocenters. The van der Waals surface area contributed by atoms with Gasteiger partial charge in [0.1, 0.15) is 12.4 Å². The van der Waals surface area contributed by atoms with Gasteiger partial charge in [0.05, 0.1) is 12.3 Å². The van der Waals surface area contributed by atoms with E-state index in [2.05, 4.69) is 11.4 Å². The van der Waals surface area contributed by atoms with Crippen molar-refractivity contribution in [1.29, 1.82) is 0 Å². The SMILES string of the molecule is COCc1ccc2c(c1)NCCO2. The summed E-state index contributed by atoms with van der Waals surface area (Å²) in [7, 11) is 1.70. The molecule has 1 aromatic rings. The van der Waals surface area contributed by atoms with Gasteiger partial charge in [0, 0.05) is 13.7 Å². The number of hydrogen-bond acceptors (Lipinski definition) is 3. The lowest BCUT2D eigenvalue weighted by Crippen LogP contribution is -2.18. The van der Waals surface area contributed by atoms with Crippen molar-refractivity contribution in [3.8, 4) is 5.75 Å². The predicted molar refractivity (Wildman–Crippen MR) is 51.1 cm³/mol. The highest BCUT2D eigenvalue weighted by Gasteiger charge is 2.08. The molecule has 0 radical (unpaired) electrons. The molecule has 0 spiro atoms. The Morgan fingerprint density at radius 1 is 1.54 bits per heavy atom. The Labute approximate surface area is 77.7 Å². The number of hydrogen-bond donors (Lipinski definition) is 1. The minimum Gasteiger partial charge on any atom is -0.490 e. The molecule has 0 amide bonds. The molecular weight excluding hydrogens is 166 g/mol. The molecule has 3 heteroatoms. The number of rotatable bonds is 2. The standard InChI is InChI=1S/C10H13NO2/c1-12-7-8-2-3-10-9(6-8)11-4-5-13-10/h2-3,6,11H,4-5,7H2,1H3. The minimum atomic E-state index is 0.648. The van der Waals surface area contributed by atoms with Crippen molar-refractivity contribution in [2.75, 3.05) is 25.6 Å². The summed E-state index contributed by atoms with van der Waals surface area (Å²) < 4.78 is 10.5. The molecule has 0 bridgehead atoms. The number of benzene rings is 1. The summed E-state index contributed by atoms with van der Waals surface area (Å²) in [5.41, 5.74) is 2.24. The van der Waals surface area contributed by atoms with E-state index in [-0.39, 0.29) is 0 Å². The van der Waals surface area contributed by atoms with Crippen LogP contribution in [-0.2, 0) is 11.3 Å². The predicted octanol–water partition coefficient (Wildman–Crippen LogP) is 1.64. The van der Waals surface area contributed by atoms with E-state index < -0.39 is 0 Å². The third-order valence-corrected chi connectivity index (χ3v) is 2.03. The second kappa shape index (κ2) is 3.66. The van der Waals surface area contributed by atoms with Gasteiger partial charge in [0.15, 0.2) is 0 Å². The Morgan fingerprint density at radius 2 is 2.46 bits per heavy atom. The second-order valence-corrected chi connectivity index (χ2v) is 3.04. The maximum absolute atomic E-state index is 5.45. The number of anilines is 1. The molecule has 0 fully saturated rings. The highest BCUT2D eigenvalue weighted by molar-refractivity contribution is 5.59. The fraction of sp³-hybridized carbons (Fsp3) is 0.400. The maximum Gasteiger partial charge on any atom is 0.142 e. The lowest BCUT2D eigenvalue weighted by atomic mass is 10.2. The van der Waals surface area contributed by atoms with Crippen molar-refractivity contribution in [1.82, 2.24) is 0 Å². The largest absolute Gasteiger partial charge is 0.490 e. The van der Waals surface area contributed by atoms with Gasteiger partial charge in [-0.3, -0.25) is 0 Å². The van der Waals surface area contributed by atoms with E-state index in [0.29, 0.717) is 6.61 Å². The molecule has 0 saturated heterocycles. The van der Waals surface area contributed by atoms with Crippen LogP contribution in [0.25, 0.3) is 0 Å². The molecule has 2 rings (SSSR count). The summed E-state index contributed by atoms with van der Waals surface area (Å²) in [6.07, 6.45) is 0. The van der Waals surface area contributed by atoms with Gasteiger partial charge in [-0.2, -0.15) is 0 Å². The molecule has 1 aromatic carbocycles. The first-order valence-corrected chi connectivity index (χ1v) is 4.38. The van der Waals surface area contributed by atoms with E-state index in [4.69, 9.17) is 9.47 Å². The molecule has 0 aliphatic carbocycles. The summed E-state index contributed by atoms with van der Waals surface area (Å²) in [6, 6.07) is 6.07. The van der Waals surface area contributed by atoms with Crippen LogP contribution in [0.1, 0.15) is 5.56 Å². The zero-order chi connectivity index (χ0) is 9.10. The molecule has 3 nitrogen and oxygen atoms in total. The van der Waals surface area contributed by atoms with Gasteiger partial charge in [0.25, 0.3) is 0 Å². The van der Waals surface area contributed by atoms with Crippen LogP contribution in [0.4, 0.5) is 5.69 Å². The highest BCUT2D eigenvalue weighted by Crippen LogP contribution is 2.28. The first kappa shape index (κ1) is 8.38. The molecule has 1 N–H and O–H groups in total. The first-order valence-electron chi connectivity index (χ1n) is 4.38. The zero-order valence-corrected chi connectivity index (χ0v) is 7.67. The van der Waals surface area contributed by atoms with Crippen molar-refractivity contribution in [2.24, 2.45) is 0 Å². The molecular formula is C10H13NO2. The third-order valence-electron chi connectivity index (χ3n) is 2.03. The van der Waals surface area contributed by atoms with Gasteiger partial charge in [-0.1, -0.05) is 6.07 Å². The molecule has 0 saturated carbocycles. The van der Waals surface area contributed by atoms with Gasteiger partial charge in [-0.25, -0.2) is 0 Å². The van der Waals surface area contributed by atoms with Crippen LogP contribution in [0.15, 0.2) is 18.2 Å². The number of fused-ring (bicyclic) bond motifs is 1. The van der Waals surface area contributed by atoms with E-state index in [9.17, 15) is 0 Å². The number of nitrogens with one attached hydrogen (secondary N) is 1.